The lowest BCUT2D eigenvalue weighted by Gasteiger charge is -2.15. The molecule has 0 aliphatic carbocycles. The lowest BCUT2D eigenvalue weighted by atomic mass is 10.0. The average Bonchev–Trinajstić information content (AvgIpc) is 3.07. The van der Waals surface area contributed by atoms with Gasteiger partial charge in [0.2, 0.25) is 0 Å². The SMILES string of the molecule is CC(NCCc1ccnn1C)c1ccc2c(c1)CCO2. The first-order chi connectivity index (χ1) is 9.74. The second-order valence-electron chi connectivity index (χ2n) is 5.34. The maximum atomic E-state index is 5.55. The molecule has 3 rings (SSSR count). The summed E-state index contributed by atoms with van der Waals surface area (Å²) in [6, 6.07) is 8.94. The van der Waals surface area contributed by atoms with Crippen molar-refractivity contribution in [3.8, 4) is 5.75 Å². The van der Waals surface area contributed by atoms with E-state index in [1.54, 1.807) is 0 Å². The normalized spacial score (nSPS) is 14.9. The fourth-order valence-electron chi connectivity index (χ4n) is 2.66. The molecule has 1 aliphatic heterocycles. The standard InChI is InChI=1S/C16H21N3O/c1-12(17-8-5-15-6-9-18-19(15)2)13-3-4-16-14(11-13)7-10-20-16/h3-4,6,9,11-12,17H,5,7-8,10H2,1-2H3. The van der Waals surface area contributed by atoms with Crippen molar-refractivity contribution in [3.63, 3.8) is 0 Å². The number of aryl methyl sites for hydroxylation is 1. The third kappa shape index (κ3) is 2.70. The maximum absolute atomic E-state index is 5.55. The highest BCUT2D eigenvalue weighted by Gasteiger charge is 2.14. The van der Waals surface area contributed by atoms with Crippen LogP contribution in [0.2, 0.25) is 0 Å². The van der Waals surface area contributed by atoms with Gasteiger partial charge >= 0.3 is 0 Å². The Bertz CT molecular complexity index is 591. The van der Waals surface area contributed by atoms with Crippen LogP contribution in [0.15, 0.2) is 30.5 Å². The quantitative estimate of drug-likeness (QED) is 0.906. The lowest BCUT2D eigenvalue weighted by molar-refractivity contribution is 0.356. The summed E-state index contributed by atoms with van der Waals surface area (Å²) in [7, 11) is 1.99. The number of ether oxygens (including phenoxy) is 1. The topological polar surface area (TPSA) is 39.1 Å². The summed E-state index contributed by atoms with van der Waals surface area (Å²) in [5, 5.41) is 7.76. The molecule has 4 nitrogen and oxygen atoms in total. The van der Waals surface area contributed by atoms with E-state index in [-0.39, 0.29) is 0 Å². The van der Waals surface area contributed by atoms with Crippen molar-refractivity contribution in [1.29, 1.82) is 0 Å². The molecule has 20 heavy (non-hydrogen) atoms. The van der Waals surface area contributed by atoms with Crippen molar-refractivity contribution in [2.24, 2.45) is 7.05 Å². The molecular weight excluding hydrogens is 250 g/mol. The molecule has 0 saturated carbocycles. The summed E-state index contributed by atoms with van der Waals surface area (Å²) >= 11 is 0. The van der Waals surface area contributed by atoms with Crippen LogP contribution in [0.5, 0.6) is 5.75 Å². The summed E-state index contributed by atoms with van der Waals surface area (Å²) in [6.07, 6.45) is 3.87. The molecule has 4 heteroatoms. The first-order valence-electron chi connectivity index (χ1n) is 7.20. The zero-order valence-corrected chi connectivity index (χ0v) is 12.1. The van der Waals surface area contributed by atoms with E-state index in [1.165, 1.54) is 16.8 Å². The fourth-order valence-corrected chi connectivity index (χ4v) is 2.66. The van der Waals surface area contributed by atoms with Crippen LogP contribution < -0.4 is 10.1 Å². The molecule has 1 aromatic carbocycles. The third-order valence-corrected chi connectivity index (χ3v) is 3.97. The van der Waals surface area contributed by atoms with Gasteiger partial charge in [0.15, 0.2) is 0 Å². The van der Waals surface area contributed by atoms with Gasteiger partial charge in [-0.3, -0.25) is 4.68 Å². The number of rotatable bonds is 5. The number of hydrogen-bond donors (Lipinski definition) is 1. The van der Waals surface area contributed by atoms with Gasteiger partial charge < -0.3 is 10.1 Å². The van der Waals surface area contributed by atoms with Gasteiger partial charge in [-0.25, -0.2) is 0 Å². The van der Waals surface area contributed by atoms with Crippen molar-refractivity contribution in [2.45, 2.75) is 25.8 Å². The smallest absolute Gasteiger partial charge is 0.122 e. The van der Waals surface area contributed by atoms with Crippen LogP contribution in [0.4, 0.5) is 0 Å². The van der Waals surface area contributed by atoms with E-state index >= 15 is 0 Å². The summed E-state index contributed by atoms with van der Waals surface area (Å²) in [6.45, 7) is 3.98. The summed E-state index contributed by atoms with van der Waals surface area (Å²) < 4.78 is 7.48. The predicted molar refractivity (Wildman–Crippen MR) is 79.0 cm³/mol. The minimum Gasteiger partial charge on any atom is -0.493 e. The van der Waals surface area contributed by atoms with Crippen LogP contribution in [0.3, 0.4) is 0 Å². The summed E-state index contributed by atoms with van der Waals surface area (Å²) in [5.74, 6) is 1.05. The number of benzene rings is 1. The van der Waals surface area contributed by atoms with Gasteiger partial charge in [0.1, 0.15) is 5.75 Å². The zero-order valence-electron chi connectivity index (χ0n) is 12.1. The van der Waals surface area contributed by atoms with E-state index in [0.717, 1.165) is 31.7 Å². The first kappa shape index (κ1) is 13.2. The van der Waals surface area contributed by atoms with Crippen LogP contribution in [0.1, 0.15) is 29.8 Å². The molecule has 2 heterocycles. The number of nitrogens with one attached hydrogen (secondary N) is 1. The minimum absolute atomic E-state index is 0.356. The highest BCUT2D eigenvalue weighted by Crippen LogP contribution is 2.27. The Balaban J connectivity index is 1.56. The molecular formula is C16H21N3O. The Labute approximate surface area is 119 Å². The highest BCUT2D eigenvalue weighted by molar-refractivity contribution is 5.40. The van der Waals surface area contributed by atoms with Gasteiger partial charge in [-0.15, -0.1) is 0 Å². The third-order valence-electron chi connectivity index (χ3n) is 3.97. The van der Waals surface area contributed by atoms with Crippen LogP contribution in [0.25, 0.3) is 0 Å². The van der Waals surface area contributed by atoms with Crippen molar-refractivity contribution < 1.29 is 4.74 Å². The van der Waals surface area contributed by atoms with Crippen LogP contribution in [-0.4, -0.2) is 22.9 Å². The zero-order chi connectivity index (χ0) is 13.9. The highest BCUT2D eigenvalue weighted by atomic mass is 16.5. The lowest BCUT2D eigenvalue weighted by Crippen LogP contribution is -2.22. The second kappa shape index (κ2) is 5.67. The molecule has 2 aromatic rings. The monoisotopic (exact) mass is 271 g/mol. The molecule has 1 aromatic heterocycles. The van der Waals surface area contributed by atoms with Gasteiger partial charge in [0.25, 0.3) is 0 Å². The molecule has 0 radical (unpaired) electrons. The molecule has 1 atom stereocenters. The van der Waals surface area contributed by atoms with E-state index in [1.807, 2.05) is 17.9 Å². The van der Waals surface area contributed by atoms with Gasteiger partial charge in [0, 0.05) is 44.4 Å². The van der Waals surface area contributed by atoms with Gasteiger partial charge in [-0.05, 0) is 30.2 Å². The first-order valence-corrected chi connectivity index (χ1v) is 7.20. The van der Waals surface area contributed by atoms with Crippen molar-refractivity contribution in [1.82, 2.24) is 15.1 Å². The Morgan fingerprint density at radius 2 is 2.30 bits per heavy atom. The van der Waals surface area contributed by atoms with Crippen LogP contribution in [-0.2, 0) is 19.9 Å². The van der Waals surface area contributed by atoms with Gasteiger partial charge in [-0.2, -0.15) is 5.10 Å². The Kier molecular flexibility index (Phi) is 3.74. The van der Waals surface area contributed by atoms with Crippen molar-refractivity contribution in [3.05, 3.63) is 47.3 Å². The van der Waals surface area contributed by atoms with E-state index in [9.17, 15) is 0 Å². The van der Waals surface area contributed by atoms with E-state index < -0.39 is 0 Å². The largest absolute Gasteiger partial charge is 0.493 e. The average molecular weight is 271 g/mol. The molecule has 0 bridgehead atoms. The van der Waals surface area contributed by atoms with Crippen LogP contribution >= 0.6 is 0 Å². The molecule has 0 fully saturated rings. The molecule has 1 N–H and O–H groups in total. The van der Waals surface area contributed by atoms with E-state index in [2.05, 4.69) is 41.6 Å². The van der Waals surface area contributed by atoms with Crippen LogP contribution in [0, 0.1) is 0 Å². The fraction of sp³-hybridized carbons (Fsp3) is 0.438. The minimum atomic E-state index is 0.356. The second-order valence-corrected chi connectivity index (χ2v) is 5.34. The predicted octanol–water partition coefficient (Wildman–Crippen LogP) is 2.25. The number of hydrogen-bond acceptors (Lipinski definition) is 3. The molecule has 1 aliphatic rings. The maximum Gasteiger partial charge on any atom is 0.122 e. The molecule has 0 saturated heterocycles. The van der Waals surface area contributed by atoms with Crippen molar-refractivity contribution >= 4 is 0 Å². The van der Waals surface area contributed by atoms with E-state index in [4.69, 9.17) is 4.74 Å². The summed E-state index contributed by atoms with van der Waals surface area (Å²) in [4.78, 5) is 0. The Morgan fingerprint density at radius 3 is 3.10 bits per heavy atom. The van der Waals surface area contributed by atoms with Crippen molar-refractivity contribution in [2.75, 3.05) is 13.2 Å². The molecule has 0 spiro atoms. The molecule has 1 unspecified atom stereocenters. The summed E-state index contributed by atoms with van der Waals surface area (Å²) in [5.41, 5.74) is 3.93. The number of fused-ring (bicyclic) bond motifs is 1. The van der Waals surface area contributed by atoms with Gasteiger partial charge in [0.05, 0.1) is 6.61 Å². The number of nitrogens with zero attached hydrogens (tertiary/aromatic N) is 2. The Hall–Kier alpha value is -1.81. The van der Waals surface area contributed by atoms with E-state index in [0.29, 0.717) is 6.04 Å². The molecule has 0 amide bonds. The number of aromatic nitrogens is 2. The Morgan fingerprint density at radius 1 is 1.40 bits per heavy atom. The molecule has 106 valence electrons. The van der Waals surface area contributed by atoms with Gasteiger partial charge in [-0.1, -0.05) is 12.1 Å².